The Bertz CT molecular complexity index is 375. The van der Waals surface area contributed by atoms with E-state index in [2.05, 4.69) is 5.32 Å². The molecule has 0 aliphatic carbocycles. The van der Waals surface area contributed by atoms with Crippen LogP contribution < -0.4 is 10.1 Å². The second-order valence-corrected chi connectivity index (χ2v) is 4.43. The predicted molar refractivity (Wildman–Crippen MR) is 62.5 cm³/mol. The number of nitrogens with one attached hydrogen (secondary N) is 1. The summed E-state index contributed by atoms with van der Waals surface area (Å²) < 4.78 is 33.0. The van der Waals surface area contributed by atoms with E-state index in [0.717, 1.165) is 19.4 Å². The van der Waals surface area contributed by atoms with Gasteiger partial charge in [-0.1, -0.05) is 12.1 Å². The van der Waals surface area contributed by atoms with Crippen LogP contribution in [-0.4, -0.2) is 19.7 Å². The molecule has 1 heterocycles. The molecule has 1 saturated heterocycles. The van der Waals surface area contributed by atoms with E-state index in [1.54, 1.807) is 12.1 Å². The van der Waals surface area contributed by atoms with Gasteiger partial charge in [-0.15, -0.1) is 0 Å². The van der Waals surface area contributed by atoms with Gasteiger partial charge < -0.3 is 10.1 Å². The summed E-state index contributed by atoms with van der Waals surface area (Å²) in [6.07, 6.45) is 1.68. The van der Waals surface area contributed by atoms with Crippen LogP contribution in [0.1, 0.15) is 24.8 Å². The first-order valence-corrected chi connectivity index (χ1v) is 5.87. The van der Waals surface area contributed by atoms with Crippen LogP contribution in [0.2, 0.25) is 0 Å². The Hall–Kier alpha value is -1.16. The predicted octanol–water partition coefficient (Wildman–Crippen LogP) is 2.93. The van der Waals surface area contributed by atoms with Gasteiger partial charge in [0.15, 0.2) is 0 Å². The molecule has 2 rings (SSSR count). The molecule has 17 heavy (non-hydrogen) atoms. The van der Waals surface area contributed by atoms with Crippen molar-refractivity contribution in [3.8, 4) is 5.75 Å². The van der Waals surface area contributed by atoms with Gasteiger partial charge in [0.05, 0.1) is 7.11 Å². The molecule has 1 aromatic rings. The third kappa shape index (κ3) is 2.94. The number of rotatable bonds is 4. The third-order valence-corrected chi connectivity index (χ3v) is 3.16. The second kappa shape index (κ2) is 5.00. The molecule has 0 bridgehead atoms. The molecule has 1 fully saturated rings. The highest BCUT2D eigenvalue weighted by molar-refractivity contribution is 5.31. The summed E-state index contributed by atoms with van der Waals surface area (Å²) in [7, 11) is 1.48. The van der Waals surface area contributed by atoms with Crippen molar-refractivity contribution < 1.29 is 13.5 Å². The van der Waals surface area contributed by atoms with Crippen LogP contribution in [0.4, 0.5) is 8.78 Å². The molecular formula is C13H17F2NO. The van der Waals surface area contributed by atoms with Crippen molar-refractivity contribution in [3.63, 3.8) is 0 Å². The lowest BCUT2D eigenvalue weighted by Crippen LogP contribution is -2.29. The lowest BCUT2D eigenvalue weighted by molar-refractivity contribution is -0.0214. The average Bonchev–Trinajstić information content (AvgIpc) is 2.81. The molecule has 1 aromatic carbocycles. The first kappa shape index (κ1) is 12.3. The highest BCUT2D eigenvalue weighted by atomic mass is 19.3. The van der Waals surface area contributed by atoms with Gasteiger partial charge in [0.1, 0.15) is 5.75 Å². The minimum Gasteiger partial charge on any atom is -0.497 e. The second-order valence-electron chi connectivity index (χ2n) is 4.43. The van der Waals surface area contributed by atoms with Crippen molar-refractivity contribution in [3.05, 3.63) is 29.8 Å². The van der Waals surface area contributed by atoms with Gasteiger partial charge in [0.25, 0.3) is 5.92 Å². The van der Waals surface area contributed by atoms with E-state index in [0.29, 0.717) is 5.75 Å². The number of hydrogen-bond donors (Lipinski definition) is 1. The Labute approximate surface area is 100.0 Å². The Morgan fingerprint density at radius 3 is 2.94 bits per heavy atom. The summed E-state index contributed by atoms with van der Waals surface area (Å²) in [6, 6.07) is 6.07. The number of alkyl halides is 2. The largest absolute Gasteiger partial charge is 0.497 e. The summed E-state index contributed by atoms with van der Waals surface area (Å²) in [5.74, 6) is -2.32. The summed E-state index contributed by atoms with van der Waals surface area (Å²) in [4.78, 5) is 0. The standard InChI is InChI=1S/C13H17F2NO/c1-17-12-6-2-4-10(8-12)13(14,15)9-11-5-3-7-16-11/h2,4,6,8,11,16H,3,5,7,9H2,1H3. The van der Waals surface area contributed by atoms with Crippen LogP contribution in [0, 0.1) is 0 Å². The van der Waals surface area contributed by atoms with Gasteiger partial charge in [-0.25, -0.2) is 8.78 Å². The van der Waals surface area contributed by atoms with E-state index >= 15 is 0 Å². The number of halogens is 2. The normalized spacial score (nSPS) is 20.5. The lowest BCUT2D eigenvalue weighted by atomic mass is 10.00. The molecule has 1 N–H and O–H groups in total. The Kier molecular flexibility index (Phi) is 3.62. The number of methoxy groups -OCH3 is 1. The molecule has 1 unspecified atom stereocenters. The molecule has 0 spiro atoms. The highest BCUT2D eigenvalue weighted by Crippen LogP contribution is 2.35. The molecule has 1 atom stereocenters. The molecule has 1 aliphatic rings. The van der Waals surface area contributed by atoms with Crippen molar-refractivity contribution in [2.75, 3.05) is 13.7 Å². The van der Waals surface area contributed by atoms with Gasteiger partial charge in [0, 0.05) is 18.0 Å². The van der Waals surface area contributed by atoms with Crippen molar-refractivity contribution in [2.24, 2.45) is 0 Å². The van der Waals surface area contributed by atoms with E-state index in [1.807, 2.05) is 0 Å². The van der Waals surface area contributed by atoms with Gasteiger partial charge in [0.2, 0.25) is 0 Å². The zero-order chi connectivity index (χ0) is 12.3. The molecule has 1 aliphatic heterocycles. The van der Waals surface area contributed by atoms with Crippen LogP contribution in [0.15, 0.2) is 24.3 Å². The van der Waals surface area contributed by atoms with E-state index in [1.165, 1.54) is 19.2 Å². The fourth-order valence-electron chi connectivity index (χ4n) is 2.21. The van der Waals surface area contributed by atoms with Gasteiger partial charge in [-0.2, -0.15) is 0 Å². The first-order valence-electron chi connectivity index (χ1n) is 5.87. The highest BCUT2D eigenvalue weighted by Gasteiger charge is 2.35. The minimum atomic E-state index is -2.80. The molecular weight excluding hydrogens is 224 g/mol. The fraction of sp³-hybridized carbons (Fsp3) is 0.538. The smallest absolute Gasteiger partial charge is 0.274 e. The number of ether oxygens (including phenoxy) is 1. The van der Waals surface area contributed by atoms with Crippen LogP contribution in [0.3, 0.4) is 0 Å². The van der Waals surface area contributed by atoms with E-state index in [9.17, 15) is 8.78 Å². The van der Waals surface area contributed by atoms with Crippen LogP contribution in [0.5, 0.6) is 5.75 Å². The SMILES string of the molecule is COc1cccc(C(F)(F)CC2CCCN2)c1. The van der Waals surface area contributed by atoms with E-state index in [4.69, 9.17) is 4.74 Å². The fourth-order valence-corrected chi connectivity index (χ4v) is 2.21. The van der Waals surface area contributed by atoms with Crippen LogP contribution in [-0.2, 0) is 5.92 Å². The number of hydrogen-bond acceptors (Lipinski definition) is 2. The summed E-state index contributed by atoms with van der Waals surface area (Å²) in [6.45, 7) is 0.846. The molecule has 0 amide bonds. The molecule has 4 heteroatoms. The molecule has 0 aromatic heterocycles. The monoisotopic (exact) mass is 241 g/mol. The van der Waals surface area contributed by atoms with Gasteiger partial charge in [-0.3, -0.25) is 0 Å². The van der Waals surface area contributed by atoms with Crippen LogP contribution in [0.25, 0.3) is 0 Å². The van der Waals surface area contributed by atoms with Crippen molar-refractivity contribution in [1.82, 2.24) is 5.32 Å². The van der Waals surface area contributed by atoms with E-state index < -0.39 is 5.92 Å². The Morgan fingerprint density at radius 2 is 2.29 bits per heavy atom. The topological polar surface area (TPSA) is 21.3 Å². The van der Waals surface area contributed by atoms with Gasteiger partial charge >= 0.3 is 0 Å². The molecule has 0 saturated carbocycles. The maximum absolute atomic E-state index is 14.0. The third-order valence-electron chi connectivity index (χ3n) is 3.16. The maximum atomic E-state index is 14.0. The zero-order valence-electron chi connectivity index (χ0n) is 9.88. The Balaban J connectivity index is 2.11. The molecule has 0 radical (unpaired) electrons. The summed E-state index contributed by atoms with van der Waals surface area (Å²) in [5.41, 5.74) is 0.0329. The lowest BCUT2D eigenvalue weighted by Gasteiger charge is -2.21. The van der Waals surface area contributed by atoms with Crippen molar-refractivity contribution in [1.29, 1.82) is 0 Å². The van der Waals surface area contributed by atoms with E-state index in [-0.39, 0.29) is 18.0 Å². The Morgan fingerprint density at radius 1 is 1.47 bits per heavy atom. The molecule has 94 valence electrons. The number of benzene rings is 1. The quantitative estimate of drug-likeness (QED) is 0.875. The van der Waals surface area contributed by atoms with Crippen molar-refractivity contribution in [2.45, 2.75) is 31.2 Å². The van der Waals surface area contributed by atoms with Crippen molar-refractivity contribution >= 4 is 0 Å². The minimum absolute atomic E-state index is 0.0329. The summed E-state index contributed by atoms with van der Waals surface area (Å²) in [5, 5.41) is 3.10. The molecule has 2 nitrogen and oxygen atoms in total. The van der Waals surface area contributed by atoms with Crippen LogP contribution >= 0.6 is 0 Å². The maximum Gasteiger partial charge on any atom is 0.274 e. The first-order chi connectivity index (χ1) is 8.12. The summed E-state index contributed by atoms with van der Waals surface area (Å²) >= 11 is 0. The van der Waals surface area contributed by atoms with Gasteiger partial charge in [-0.05, 0) is 31.5 Å². The average molecular weight is 241 g/mol. The zero-order valence-corrected chi connectivity index (χ0v) is 9.88.